The molecular formula is C10H17N3O2. The lowest BCUT2D eigenvalue weighted by Gasteiger charge is -2.18. The van der Waals surface area contributed by atoms with Crippen molar-refractivity contribution in [2.45, 2.75) is 20.4 Å². The predicted octanol–water partition coefficient (Wildman–Crippen LogP) is 0.357. The second-order valence-corrected chi connectivity index (χ2v) is 3.19. The normalized spacial score (nSPS) is 10.3. The minimum Gasteiger partial charge on any atom is -0.395 e. The molecule has 5 nitrogen and oxygen atoms in total. The molecule has 0 spiro atoms. The molecule has 1 aromatic heterocycles. The van der Waals surface area contributed by atoms with E-state index in [1.54, 1.807) is 22.0 Å². The van der Waals surface area contributed by atoms with Crippen molar-refractivity contribution in [1.29, 1.82) is 0 Å². The summed E-state index contributed by atoms with van der Waals surface area (Å²) in [5.74, 6) is -0.0775. The summed E-state index contributed by atoms with van der Waals surface area (Å²) in [6, 6.07) is 0. The molecule has 1 rings (SSSR count). The maximum atomic E-state index is 11.9. The zero-order valence-corrected chi connectivity index (χ0v) is 9.18. The van der Waals surface area contributed by atoms with Crippen molar-refractivity contribution in [3.63, 3.8) is 0 Å². The number of rotatable bonds is 5. The first kappa shape index (κ1) is 11.7. The molecule has 1 N–H and O–H groups in total. The van der Waals surface area contributed by atoms with Crippen LogP contribution in [0.5, 0.6) is 0 Å². The number of hydrogen-bond acceptors (Lipinski definition) is 3. The maximum absolute atomic E-state index is 11.9. The molecule has 0 radical (unpaired) electrons. The molecule has 0 saturated carbocycles. The number of carbonyl (C=O) groups is 1. The van der Waals surface area contributed by atoms with Crippen molar-refractivity contribution in [3.8, 4) is 0 Å². The van der Waals surface area contributed by atoms with Crippen molar-refractivity contribution >= 4 is 5.91 Å². The lowest BCUT2D eigenvalue weighted by Crippen LogP contribution is -2.33. The third-order valence-electron chi connectivity index (χ3n) is 2.24. The van der Waals surface area contributed by atoms with Gasteiger partial charge in [-0.15, -0.1) is 0 Å². The Morgan fingerprint density at radius 1 is 1.60 bits per heavy atom. The number of aliphatic hydroxyl groups is 1. The smallest absolute Gasteiger partial charge is 0.257 e. The minimum atomic E-state index is -0.0775. The summed E-state index contributed by atoms with van der Waals surface area (Å²) in [5, 5.41) is 12.8. The molecule has 0 aliphatic rings. The van der Waals surface area contributed by atoms with Crippen LogP contribution >= 0.6 is 0 Å². The van der Waals surface area contributed by atoms with Gasteiger partial charge >= 0.3 is 0 Å². The number of amides is 1. The largest absolute Gasteiger partial charge is 0.395 e. The third-order valence-corrected chi connectivity index (χ3v) is 2.24. The van der Waals surface area contributed by atoms with Crippen molar-refractivity contribution in [2.24, 2.45) is 0 Å². The molecule has 0 saturated heterocycles. The summed E-state index contributed by atoms with van der Waals surface area (Å²) in [6.07, 6.45) is 3.29. The quantitative estimate of drug-likeness (QED) is 0.765. The SMILES string of the molecule is CCN(CCO)C(=O)c1cnn(CC)c1. The monoisotopic (exact) mass is 211 g/mol. The molecular weight excluding hydrogens is 194 g/mol. The standard InChI is InChI=1S/C10H17N3O2/c1-3-12(5-6-14)10(15)9-7-11-13(4-2)8-9/h7-8,14H,3-6H2,1-2H3. The first-order valence-corrected chi connectivity index (χ1v) is 5.15. The summed E-state index contributed by atoms with van der Waals surface area (Å²) < 4.78 is 1.71. The number of carbonyl (C=O) groups excluding carboxylic acids is 1. The molecule has 0 aliphatic heterocycles. The number of aromatic nitrogens is 2. The number of nitrogens with zero attached hydrogens (tertiary/aromatic N) is 3. The summed E-state index contributed by atoms with van der Waals surface area (Å²) in [4.78, 5) is 13.5. The molecule has 0 bridgehead atoms. The lowest BCUT2D eigenvalue weighted by molar-refractivity contribution is 0.0732. The zero-order chi connectivity index (χ0) is 11.3. The fourth-order valence-electron chi connectivity index (χ4n) is 1.35. The Hall–Kier alpha value is -1.36. The Balaban J connectivity index is 2.73. The van der Waals surface area contributed by atoms with Crippen LogP contribution in [0.3, 0.4) is 0 Å². The Morgan fingerprint density at radius 2 is 2.33 bits per heavy atom. The molecule has 0 fully saturated rings. The van der Waals surface area contributed by atoms with E-state index < -0.39 is 0 Å². The summed E-state index contributed by atoms with van der Waals surface area (Å²) >= 11 is 0. The first-order chi connectivity index (χ1) is 7.22. The van der Waals surface area contributed by atoms with Crippen molar-refractivity contribution < 1.29 is 9.90 Å². The van der Waals surface area contributed by atoms with Gasteiger partial charge in [-0.25, -0.2) is 0 Å². The van der Waals surface area contributed by atoms with E-state index in [1.165, 1.54) is 0 Å². The highest BCUT2D eigenvalue weighted by molar-refractivity contribution is 5.93. The van der Waals surface area contributed by atoms with E-state index in [9.17, 15) is 4.79 Å². The van der Waals surface area contributed by atoms with Crippen LogP contribution in [-0.4, -0.2) is 45.4 Å². The van der Waals surface area contributed by atoms with E-state index in [0.717, 1.165) is 6.54 Å². The Morgan fingerprint density at radius 3 is 2.80 bits per heavy atom. The summed E-state index contributed by atoms with van der Waals surface area (Å²) in [7, 11) is 0. The summed E-state index contributed by atoms with van der Waals surface area (Å²) in [6.45, 7) is 5.55. The molecule has 15 heavy (non-hydrogen) atoms. The highest BCUT2D eigenvalue weighted by Gasteiger charge is 2.14. The van der Waals surface area contributed by atoms with Crippen molar-refractivity contribution in [3.05, 3.63) is 18.0 Å². The van der Waals surface area contributed by atoms with Gasteiger partial charge in [0.1, 0.15) is 0 Å². The molecule has 1 aromatic rings. The van der Waals surface area contributed by atoms with Crippen LogP contribution in [0.2, 0.25) is 0 Å². The second kappa shape index (κ2) is 5.50. The van der Waals surface area contributed by atoms with E-state index in [0.29, 0.717) is 18.7 Å². The van der Waals surface area contributed by atoms with Gasteiger partial charge < -0.3 is 10.0 Å². The fourth-order valence-corrected chi connectivity index (χ4v) is 1.35. The van der Waals surface area contributed by atoms with Crippen LogP contribution in [0.25, 0.3) is 0 Å². The van der Waals surface area contributed by atoms with Crippen molar-refractivity contribution in [1.82, 2.24) is 14.7 Å². The Labute approximate surface area is 89.3 Å². The van der Waals surface area contributed by atoms with Gasteiger partial charge in [-0.1, -0.05) is 0 Å². The van der Waals surface area contributed by atoms with Crippen LogP contribution in [0, 0.1) is 0 Å². The van der Waals surface area contributed by atoms with Gasteiger partial charge in [-0.3, -0.25) is 9.48 Å². The zero-order valence-electron chi connectivity index (χ0n) is 9.18. The van der Waals surface area contributed by atoms with Gasteiger partial charge in [-0.05, 0) is 13.8 Å². The second-order valence-electron chi connectivity index (χ2n) is 3.19. The van der Waals surface area contributed by atoms with E-state index in [2.05, 4.69) is 5.10 Å². The Bertz CT molecular complexity index is 322. The molecule has 1 heterocycles. The third kappa shape index (κ3) is 2.79. The fraction of sp³-hybridized carbons (Fsp3) is 0.600. The molecule has 0 aromatic carbocycles. The van der Waals surface area contributed by atoms with E-state index in [4.69, 9.17) is 5.11 Å². The molecule has 84 valence electrons. The van der Waals surface area contributed by atoms with Crippen LogP contribution in [-0.2, 0) is 6.54 Å². The van der Waals surface area contributed by atoms with Gasteiger partial charge in [0.15, 0.2) is 0 Å². The average molecular weight is 211 g/mol. The van der Waals surface area contributed by atoms with Gasteiger partial charge in [0, 0.05) is 25.8 Å². The van der Waals surface area contributed by atoms with E-state index in [1.807, 2.05) is 13.8 Å². The van der Waals surface area contributed by atoms with Crippen LogP contribution < -0.4 is 0 Å². The van der Waals surface area contributed by atoms with E-state index in [-0.39, 0.29) is 12.5 Å². The van der Waals surface area contributed by atoms with Gasteiger partial charge in [0.05, 0.1) is 18.4 Å². The van der Waals surface area contributed by atoms with Crippen LogP contribution in [0.4, 0.5) is 0 Å². The minimum absolute atomic E-state index is 0.0124. The molecule has 5 heteroatoms. The van der Waals surface area contributed by atoms with Gasteiger partial charge in [-0.2, -0.15) is 5.10 Å². The molecule has 0 atom stereocenters. The number of aryl methyl sites for hydroxylation is 1. The van der Waals surface area contributed by atoms with Crippen molar-refractivity contribution in [2.75, 3.05) is 19.7 Å². The summed E-state index contributed by atoms with van der Waals surface area (Å²) in [5.41, 5.74) is 0.576. The first-order valence-electron chi connectivity index (χ1n) is 5.15. The number of aliphatic hydroxyl groups excluding tert-OH is 1. The number of hydrogen-bond donors (Lipinski definition) is 1. The Kier molecular flexibility index (Phi) is 4.30. The number of likely N-dealkylation sites (N-methyl/N-ethyl adjacent to an activating group) is 1. The maximum Gasteiger partial charge on any atom is 0.257 e. The highest BCUT2D eigenvalue weighted by Crippen LogP contribution is 2.03. The highest BCUT2D eigenvalue weighted by atomic mass is 16.3. The van der Waals surface area contributed by atoms with Gasteiger partial charge in [0.2, 0.25) is 0 Å². The van der Waals surface area contributed by atoms with Crippen LogP contribution in [0.1, 0.15) is 24.2 Å². The molecule has 1 amide bonds. The van der Waals surface area contributed by atoms with Gasteiger partial charge in [0.25, 0.3) is 5.91 Å². The molecule has 0 unspecified atom stereocenters. The molecule has 0 aliphatic carbocycles. The van der Waals surface area contributed by atoms with E-state index >= 15 is 0 Å². The predicted molar refractivity (Wildman–Crippen MR) is 56.6 cm³/mol. The lowest BCUT2D eigenvalue weighted by atomic mass is 10.3. The average Bonchev–Trinajstić information content (AvgIpc) is 2.73. The topological polar surface area (TPSA) is 58.4 Å². The van der Waals surface area contributed by atoms with Crippen LogP contribution in [0.15, 0.2) is 12.4 Å².